The van der Waals surface area contributed by atoms with E-state index in [1.807, 2.05) is 0 Å². The van der Waals surface area contributed by atoms with E-state index in [0.29, 0.717) is 34.1 Å². The van der Waals surface area contributed by atoms with Crippen LogP contribution in [0.4, 0.5) is 0 Å². The van der Waals surface area contributed by atoms with E-state index >= 15 is 0 Å². The first-order valence-corrected chi connectivity index (χ1v) is 12.7. The van der Waals surface area contributed by atoms with Gasteiger partial charge in [-0.05, 0) is 98.3 Å². The molecule has 0 spiro atoms. The lowest BCUT2D eigenvalue weighted by Crippen LogP contribution is -2.58. The molecule has 166 valence electrons. The molecule has 0 bridgehead atoms. The predicted octanol–water partition coefficient (Wildman–Crippen LogP) is 5.89. The van der Waals surface area contributed by atoms with E-state index in [-0.39, 0.29) is 0 Å². The molecule has 0 aliphatic heterocycles. The minimum Gasteiger partial charge on any atom is -0.378 e. The van der Waals surface area contributed by atoms with E-state index in [4.69, 9.17) is 10.5 Å². The van der Waals surface area contributed by atoms with Gasteiger partial charge >= 0.3 is 0 Å². The molecule has 7 atom stereocenters. The van der Waals surface area contributed by atoms with E-state index in [0.717, 1.165) is 50.7 Å². The zero-order chi connectivity index (χ0) is 20.7. The molecule has 0 heterocycles. The average Bonchev–Trinajstić information content (AvgIpc) is 2.96. The minimum atomic E-state index is 0.332. The average molecular weight is 404 g/mol. The van der Waals surface area contributed by atoms with Crippen LogP contribution in [0.2, 0.25) is 0 Å². The largest absolute Gasteiger partial charge is 0.378 e. The van der Waals surface area contributed by atoms with Crippen LogP contribution in [-0.4, -0.2) is 25.0 Å². The highest BCUT2D eigenvalue weighted by atomic mass is 16.5. The number of carbonyl (C=O) groups is 1. The van der Waals surface area contributed by atoms with E-state index in [9.17, 15) is 4.79 Å². The van der Waals surface area contributed by atoms with Gasteiger partial charge in [0.2, 0.25) is 0 Å². The molecule has 0 unspecified atom stereocenters. The summed E-state index contributed by atoms with van der Waals surface area (Å²) < 4.78 is 6.57. The van der Waals surface area contributed by atoms with Gasteiger partial charge in [0.15, 0.2) is 0 Å². The van der Waals surface area contributed by atoms with Gasteiger partial charge in [-0.1, -0.05) is 33.6 Å². The molecule has 0 aromatic heterocycles. The Hall–Kier alpha value is -0.410. The van der Waals surface area contributed by atoms with Gasteiger partial charge in [-0.3, -0.25) is 4.79 Å². The maximum atomic E-state index is 12.1. The standard InChI is InChI=1S/C26H45NO2/c1-24-13-10-20(28)18-19(24)8-9-22-21(24)11-14-26(3)23(12-15-25(22,26)2)29-17-7-5-4-6-16-27/h19,21-23H,4-18,27H2,1-3H3/t19-,21-,22+,23-,24-,25-,26+/m0/s1. The summed E-state index contributed by atoms with van der Waals surface area (Å²) in [4.78, 5) is 12.1. The second-order valence-corrected chi connectivity index (χ2v) is 11.7. The molecule has 0 amide bonds. The summed E-state index contributed by atoms with van der Waals surface area (Å²) in [7, 11) is 0. The number of nitrogens with two attached hydrogens (primary N) is 1. The van der Waals surface area contributed by atoms with Gasteiger partial charge in [0, 0.05) is 19.4 Å². The minimum absolute atomic E-state index is 0.332. The highest BCUT2D eigenvalue weighted by Gasteiger charge is 2.65. The van der Waals surface area contributed by atoms with Crippen molar-refractivity contribution in [2.24, 2.45) is 39.7 Å². The molecule has 4 aliphatic carbocycles. The van der Waals surface area contributed by atoms with Gasteiger partial charge in [0.1, 0.15) is 5.78 Å². The summed E-state index contributed by atoms with van der Waals surface area (Å²) in [5, 5.41) is 0. The smallest absolute Gasteiger partial charge is 0.133 e. The fourth-order valence-corrected chi connectivity index (χ4v) is 8.48. The third-order valence-corrected chi connectivity index (χ3v) is 10.7. The Balaban J connectivity index is 1.43. The van der Waals surface area contributed by atoms with Gasteiger partial charge in [0.05, 0.1) is 6.10 Å². The predicted molar refractivity (Wildman–Crippen MR) is 119 cm³/mol. The monoisotopic (exact) mass is 403 g/mol. The van der Waals surface area contributed by atoms with Crippen LogP contribution < -0.4 is 5.73 Å². The van der Waals surface area contributed by atoms with Crippen LogP contribution in [-0.2, 0) is 9.53 Å². The summed E-state index contributed by atoms with van der Waals surface area (Å²) in [6.07, 6.45) is 16.0. The first-order valence-electron chi connectivity index (χ1n) is 12.7. The number of ketones is 1. The number of ether oxygens (including phenoxy) is 1. The molecule has 4 fully saturated rings. The highest BCUT2D eigenvalue weighted by molar-refractivity contribution is 5.79. The molecule has 0 radical (unpaired) electrons. The lowest BCUT2D eigenvalue weighted by molar-refractivity contribution is -0.172. The molecule has 3 heteroatoms. The van der Waals surface area contributed by atoms with Crippen molar-refractivity contribution in [2.75, 3.05) is 13.2 Å². The van der Waals surface area contributed by atoms with E-state index in [1.54, 1.807) is 0 Å². The Morgan fingerprint density at radius 2 is 1.66 bits per heavy atom. The van der Waals surface area contributed by atoms with Crippen molar-refractivity contribution in [3.05, 3.63) is 0 Å². The summed E-state index contributed by atoms with van der Waals surface area (Å²) in [6.45, 7) is 9.48. The maximum Gasteiger partial charge on any atom is 0.133 e. The molecule has 3 nitrogen and oxygen atoms in total. The number of carbonyl (C=O) groups excluding carboxylic acids is 1. The summed E-state index contributed by atoms with van der Waals surface area (Å²) >= 11 is 0. The molecule has 0 aromatic rings. The molecule has 2 N–H and O–H groups in total. The van der Waals surface area contributed by atoms with Crippen LogP contribution in [0.1, 0.15) is 104 Å². The Morgan fingerprint density at radius 3 is 2.45 bits per heavy atom. The van der Waals surface area contributed by atoms with E-state index in [1.165, 1.54) is 57.8 Å². The first-order chi connectivity index (χ1) is 13.8. The van der Waals surface area contributed by atoms with Crippen molar-refractivity contribution < 1.29 is 9.53 Å². The second kappa shape index (κ2) is 8.26. The summed E-state index contributed by atoms with van der Waals surface area (Å²) in [6, 6.07) is 0. The van der Waals surface area contributed by atoms with Crippen molar-refractivity contribution in [2.45, 2.75) is 110 Å². The number of Topliss-reactive ketones (excluding diaryl/α,β-unsaturated/α-hetero) is 1. The van der Waals surface area contributed by atoms with Crippen LogP contribution in [0.15, 0.2) is 0 Å². The van der Waals surface area contributed by atoms with Crippen LogP contribution >= 0.6 is 0 Å². The van der Waals surface area contributed by atoms with Crippen molar-refractivity contribution in [1.82, 2.24) is 0 Å². The lowest BCUT2D eigenvalue weighted by Gasteiger charge is -2.64. The van der Waals surface area contributed by atoms with Crippen molar-refractivity contribution in [1.29, 1.82) is 0 Å². The molecule has 0 aromatic carbocycles. The Labute approximate surface area is 178 Å². The van der Waals surface area contributed by atoms with Gasteiger partial charge in [-0.15, -0.1) is 0 Å². The van der Waals surface area contributed by atoms with Gasteiger partial charge < -0.3 is 10.5 Å². The lowest BCUT2D eigenvalue weighted by atomic mass is 9.41. The maximum absolute atomic E-state index is 12.1. The first kappa shape index (κ1) is 21.8. The summed E-state index contributed by atoms with van der Waals surface area (Å²) in [5.41, 5.74) is 6.76. The highest BCUT2D eigenvalue weighted by Crippen LogP contribution is 2.71. The van der Waals surface area contributed by atoms with Crippen LogP contribution in [0.3, 0.4) is 0 Å². The van der Waals surface area contributed by atoms with Gasteiger partial charge in [0.25, 0.3) is 0 Å². The fourth-order valence-electron chi connectivity index (χ4n) is 8.48. The normalized spacial score (nSPS) is 46.8. The number of hydrogen-bond acceptors (Lipinski definition) is 3. The Kier molecular flexibility index (Phi) is 6.21. The van der Waals surface area contributed by atoms with Crippen LogP contribution in [0.25, 0.3) is 0 Å². The van der Waals surface area contributed by atoms with Crippen molar-refractivity contribution in [3.63, 3.8) is 0 Å². The number of hydrogen-bond donors (Lipinski definition) is 1. The zero-order valence-corrected chi connectivity index (χ0v) is 19.3. The van der Waals surface area contributed by atoms with E-state index < -0.39 is 0 Å². The molecule has 0 saturated heterocycles. The molecule has 29 heavy (non-hydrogen) atoms. The van der Waals surface area contributed by atoms with Gasteiger partial charge in [-0.25, -0.2) is 0 Å². The molecular weight excluding hydrogens is 358 g/mol. The Morgan fingerprint density at radius 1 is 0.897 bits per heavy atom. The third-order valence-electron chi connectivity index (χ3n) is 10.7. The molecule has 4 rings (SSSR count). The number of unbranched alkanes of at least 4 members (excludes halogenated alkanes) is 3. The fraction of sp³-hybridized carbons (Fsp3) is 0.962. The van der Waals surface area contributed by atoms with Crippen molar-refractivity contribution >= 4 is 5.78 Å². The zero-order valence-electron chi connectivity index (χ0n) is 19.3. The van der Waals surface area contributed by atoms with Crippen molar-refractivity contribution in [3.8, 4) is 0 Å². The third kappa shape index (κ3) is 3.53. The topological polar surface area (TPSA) is 52.3 Å². The quantitative estimate of drug-likeness (QED) is 0.539. The van der Waals surface area contributed by atoms with Gasteiger partial charge in [-0.2, -0.15) is 0 Å². The molecular formula is C26H45NO2. The summed E-state index contributed by atoms with van der Waals surface area (Å²) in [5.74, 6) is 2.83. The van der Waals surface area contributed by atoms with E-state index in [2.05, 4.69) is 20.8 Å². The molecule has 4 aliphatic rings. The SMILES string of the molecule is C[C@]12CCC(=O)C[C@@H]1CC[C@@H]1[C@@H]2CC[C@]2(C)[C@@H](OCCCCCCN)CC[C@@]12C. The Bertz CT molecular complexity index is 606. The molecule has 4 saturated carbocycles. The number of rotatable bonds is 7. The second-order valence-electron chi connectivity index (χ2n) is 11.7. The van der Waals surface area contributed by atoms with Crippen LogP contribution in [0.5, 0.6) is 0 Å². The van der Waals surface area contributed by atoms with Crippen LogP contribution in [0, 0.1) is 34.0 Å². The number of fused-ring (bicyclic) bond motifs is 5.